The molecule has 3 saturated heterocycles. The van der Waals surface area contributed by atoms with Crippen LogP contribution in [0.4, 0.5) is 0 Å². The lowest BCUT2D eigenvalue weighted by Gasteiger charge is -2.47. The Bertz CT molecular complexity index is 866. The van der Waals surface area contributed by atoms with E-state index < -0.39 is 129 Å². The summed E-state index contributed by atoms with van der Waals surface area (Å²) in [7, 11) is 0. The normalized spacial score (nSPS) is 53.8. The maximum atomic E-state index is 11.1. The highest BCUT2D eigenvalue weighted by Crippen LogP contribution is 2.34. The Morgan fingerprint density at radius 3 is 1.55 bits per heavy atom. The number of aliphatic hydroxyl groups is 8. The fraction of sp³-hybridized carbons (Fsp3) is 1.00. The number of aliphatic hydroxyl groups excluding tert-OH is 8. The molecule has 1 saturated carbocycles. The Labute approximate surface area is 240 Å². The quantitative estimate of drug-likeness (QED) is 0.114. The van der Waals surface area contributed by atoms with E-state index in [0.29, 0.717) is 0 Å². The smallest absolute Gasteiger partial charge is 0.187 e. The molecule has 0 spiro atoms. The zero-order valence-electron chi connectivity index (χ0n) is 22.7. The molecule has 0 radical (unpaired) electrons. The summed E-state index contributed by atoms with van der Waals surface area (Å²) in [5.74, 6) is 0. The molecule has 0 bridgehead atoms. The first kappa shape index (κ1) is 34.1. The van der Waals surface area contributed by atoms with E-state index in [9.17, 15) is 40.9 Å². The van der Waals surface area contributed by atoms with Crippen LogP contribution in [0.25, 0.3) is 0 Å². The second-order valence-electron chi connectivity index (χ2n) is 11.2. The van der Waals surface area contributed by atoms with Gasteiger partial charge in [-0.05, 0) is 6.42 Å². The molecule has 19 unspecified atom stereocenters. The molecule has 1 aliphatic carbocycles. The Morgan fingerprint density at radius 2 is 1.00 bits per heavy atom. The van der Waals surface area contributed by atoms with E-state index in [1.807, 2.05) is 0 Å². The number of nitrogens with two attached hydrogens (primary N) is 5. The van der Waals surface area contributed by atoms with Gasteiger partial charge in [0.05, 0.1) is 31.4 Å². The van der Waals surface area contributed by atoms with Crippen molar-refractivity contribution in [3.05, 3.63) is 0 Å². The van der Waals surface area contributed by atoms with Gasteiger partial charge in [0, 0.05) is 18.6 Å². The van der Waals surface area contributed by atoms with Crippen LogP contribution in [-0.2, 0) is 28.4 Å². The molecule has 246 valence electrons. The van der Waals surface area contributed by atoms with Gasteiger partial charge in [-0.25, -0.2) is 0 Å². The minimum absolute atomic E-state index is 0.0787. The van der Waals surface area contributed by atoms with Crippen LogP contribution in [0.1, 0.15) is 6.42 Å². The third kappa shape index (κ3) is 6.60. The fourth-order valence-corrected chi connectivity index (χ4v) is 5.70. The summed E-state index contributed by atoms with van der Waals surface area (Å²) in [6.45, 7) is -1.50. The van der Waals surface area contributed by atoms with Crippen molar-refractivity contribution in [3.8, 4) is 0 Å². The minimum Gasteiger partial charge on any atom is -0.394 e. The number of hydrogen-bond donors (Lipinski definition) is 13. The zero-order valence-corrected chi connectivity index (χ0v) is 22.7. The Morgan fingerprint density at radius 1 is 0.524 bits per heavy atom. The van der Waals surface area contributed by atoms with E-state index >= 15 is 0 Å². The molecular formula is C23H45N5O14. The fourth-order valence-electron chi connectivity index (χ4n) is 5.70. The van der Waals surface area contributed by atoms with E-state index in [2.05, 4.69) is 0 Å². The Hall–Kier alpha value is -0.760. The van der Waals surface area contributed by atoms with Gasteiger partial charge >= 0.3 is 0 Å². The zero-order chi connectivity index (χ0) is 31.0. The lowest BCUT2D eigenvalue weighted by molar-refractivity contribution is -0.307. The van der Waals surface area contributed by atoms with E-state index in [0.717, 1.165) is 0 Å². The predicted octanol–water partition coefficient (Wildman–Crippen LogP) is -8.86. The van der Waals surface area contributed by atoms with E-state index in [1.54, 1.807) is 0 Å². The third-order valence-electron chi connectivity index (χ3n) is 8.32. The van der Waals surface area contributed by atoms with Gasteiger partial charge in [0.1, 0.15) is 67.1 Å². The number of ether oxygens (including phenoxy) is 6. The van der Waals surface area contributed by atoms with Crippen LogP contribution in [0.3, 0.4) is 0 Å². The molecule has 4 aliphatic rings. The van der Waals surface area contributed by atoms with Crippen molar-refractivity contribution in [1.29, 1.82) is 0 Å². The van der Waals surface area contributed by atoms with Crippen LogP contribution in [0, 0.1) is 0 Å². The van der Waals surface area contributed by atoms with Crippen molar-refractivity contribution in [2.45, 2.75) is 123 Å². The summed E-state index contributed by atoms with van der Waals surface area (Å²) in [4.78, 5) is 0. The molecule has 3 aliphatic heterocycles. The maximum Gasteiger partial charge on any atom is 0.187 e. The highest BCUT2D eigenvalue weighted by Gasteiger charge is 2.54. The van der Waals surface area contributed by atoms with Crippen molar-refractivity contribution in [2.24, 2.45) is 28.7 Å². The van der Waals surface area contributed by atoms with Gasteiger partial charge in [-0.3, -0.25) is 0 Å². The summed E-state index contributed by atoms with van der Waals surface area (Å²) < 4.78 is 34.4. The van der Waals surface area contributed by atoms with Crippen LogP contribution in [0.2, 0.25) is 0 Å². The molecule has 19 heteroatoms. The molecule has 3 heterocycles. The summed E-state index contributed by atoms with van der Waals surface area (Å²) in [5, 5.41) is 82.2. The molecule has 4 rings (SSSR count). The second-order valence-corrected chi connectivity index (χ2v) is 11.2. The first-order chi connectivity index (χ1) is 19.8. The standard InChI is InChI=1S/C23H45N5O14/c24-2-7-13(32)15(34)10(27)21(37-7)40-18-6(26)1-5(25)12(31)20(18)42-23-17(36)19(9(4-30)39-23)41-22-11(28)16(35)14(33)8(3-29)38-22/h5-23,29-36H,1-4,24-28H2. The van der Waals surface area contributed by atoms with E-state index in [1.165, 1.54) is 0 Å². The van der Waals surface area contributed by atoms with E-state index in [4.69, 9.17) is 57.1 Å². The van der Waals surface area contributed by atoms with E-state index in [-0.39, 0.29) is 13.0 Å². The molecule has 42 heavy (non-hydrogen) atoms. The summed E-state index contributed by atoms with van der Waals surface area (Å²) in [6, 6.07) is -4.27. The monoisotopic (exact) mass is 615 g/mol. The summed E-state index contributed by atoms with van der Waals surface area (Å²) in [6.07, 6.45) is -20.5. The van der Waals surface area contributed by atoms with Gasteiger partial charge in [-0.1, -0.05) is 0 Å². The highest BCUT2D eigenvalue weighted by molar-refractivity contribution is 5.02. The van der Waals surface area contributed by atoms with Crippen LogP contribution >= 0.6 is 0 Å². The summed E-state index contributed by atoms with van der Waals surface area (Å²) >= 11 is 0. The average molecular weight is 616 g/mol. The van der Waals surface area contributed by atoms with Crippen molar-refractivity contribution in [1.82, 2.24) is 0 Å². The highest BCUT2D eigenvalue weighted by atomic mass is 16.8. The van der Waals surface area contributed by atoms with Crippen molar-refractivity contribution in [3.63, 3.8) is 0 Å². The number of rotatable bonds is 9. The Kier molecular flexibility index (Phi) is 11.5. The van der Waals surface area contributed by atoms with Gasteiger partial charge in [0.25, 0.3) is 0 Å². The van der Waals surface area contributed by atoms with Crippen molar-refractivity contribution in [2.75, 3.05) is 19.8 Å². The molecule has 18 N–H and O–H groups in total. The molecule has 4 fully saturated rings. The SMILES string of the molecule is NCC1OC(OC2C(N)CC(N)C(O)C2OC2OC(CO)C(OC3OC(CO)C(O)C(O)C3N)C2O)C(N)C(O)C1O. The predicted molar refractivity (Wildman–Crippen MR) is 136 cm³/mol. The first-order valence-electron chi connectivity index (χ1n) is 13.8. The largest absolute Gasteiger partial charge is 0.394 e. The van der Waals surface area contributed by atoms with Crippen LogP contribution < -0.4 is 28.7 Å². The van der Waals surface area contributed by atoms with Crippen LogP contribution in [-0.4, -0.2) is 177 Å². The van der Waals surface area contributed by atoms with Gasteiger partial charge < -0.3 is 97.9 Å². The Balaban J connectivity index is 1.50. The van der Waals surface area contributed by atoms with Gasteiger partial charge in [-0.15, -0.1) is 0 Å². The van der Waals surface area contributed by atoms with Crippen LogP contribution in [0.5, 0.6) is 0 Å². The van der Waals surface area contributed by atoms with Gasteiger partial charge in [0.2, 0.25) is 0 Å². The molecule has 19 atom stereocenters. The topological polar surface area (TPSA) is 347 Å². The molecule has 0 aromatic rings. The average Bonchev–Trinajstić information content (AvgIpc) is 3.27. The third-order valence-corrected chi connectivity index (χ3v) is 8.32. The molecule has 0 amide bonds. The molecular weight excluding hydrogens is 570 g/mol. The lowest BCUT2D eigenvalue weighted by atomic mass is 9.84. The first-order valence-corrected chi connectivity index (χ1v) is 13.8. The van der Waals surface area contributed by atoms with Crippen molar-refractivity contribution < 1.29 is 69.3 Å². The lowest BCUT2D eigenvalue weighted by Crippen LogP contribution is -2.68. The second kappa shape index (κ2) is 14.1. The number of hydrogen-bond acceptors (Lipinski definition) is 19. The van der Waals surface area contributed by atoms with Crippen LogP contribution in [0.15, 0.2) is 0 Å². The minimum atomic E-state index is -1.64. The maximum absolute atomic E-state index is 11.1. The van der Waals surface area contributed by atoms with Gasteiger partial charge in [0.15, 0.2) is 18.9 Å². The summed E-state index contributed by atoms with van der Waals surface area (Å²) in [5.41, 5.74) is 30.0. The molecule has 0 aromatic carbocycles. The molecule has 0 aromatic heterocycles. The van der Waals surface area contributed by atoms with Gasteiger partial charge in [-0.2, -0.15) is 0 Å². The van der Waals surface area contributed by atoms with Crippen molar-refractivity contribution >= 4 is 0 Å². The molecule has 19 nitrogen and oxygen atoms in total.